The fourth-order valence-corrected chi connectivity index (χ4v) is 11.9. The first kappa shape index (κ1) is 35.7. The van der Waals surface area contributed by atoms with Gasteiger partial charge < -0.3 is 9.13 Å². The molecule has 8 aromatic rings. The Kier molecular flexibility index (Phi) is 7.65. The molecule has 5 nitrogen and oxygen atoms in total. The van der Waals surface area contributed by atoms with Crippen LogP contribution >= 0.6 is 0 Å². The van der Waals surface area contributed by atoms with E-state index in [0.29, 0.717) is 17.7 Å². The van der Waals surface area contributed by atoms with Crippen molar-refractivity contribution in [2.24, 2.45) is 0 Å². The van der Waals surface area contributed by atoms with E-state index in [1.165, 1.54) is 147 Å². The maximum atomic E-state index is 4.76. The molecule has 2 saturated carbocycles. The molecule has 2 aliphatic carbocycles. The number of hydrogen-bond acceptors (Lipinski definition) is 3. The third kappa shape index (κ3) is 5.26. The zero-order valence-corrected chi connectivity index (χ0v) is 35.6. The second-order valence-corrected chi connectivity index (χ2v) is 20.6. The second kappa shape index (κ2) is 12.6. The lowest BCUT2D eigenvalue weighted by Crippen LogP contribution is -2.59. The molecule has 294 valence electrons. The van der Waals surface area contributed by atoms with Crippen LogP contribution in [0.15, 0.2) is 85.5 Å². The van der Waals surface area contributed by atoms with Crippen LogP contribution in [0.1, 0.15) is 140 Å². The van der Waals surface area contributed by atoms with Gasteiger partial charge in [-0.25, -0.2) is 15.0 Å². The van der Waals surface area contributed by atoms with Crippen molar-refractivity contribution in [3.8, 4) is 22.8 Å². The number of aromatic nitrogens is 5. The van der Waals surface area contributed by atoms with Crippen LogP contribution in [0.25, 0.3) is 66.4 Å². The van der Waals surface area contributed by atoms with Crippen molar-refractivity contribution < 1.29 is 0 Å². The molecular weight excluding hydrogens is 717 g/mol. The highest BCUT2D eigenvalue weighted by Gasteiger charge is 2.42. The Bertz CT molecular complexity index is 2850. The molecule has 0 N–H and O–H groups in total. The summed E-state index contributed by atoms with van der Waals surface area (Å²) in [6.45, 7) is 14.2. The number of rotatable bonds is 3. The largest absolute Gasteiger partial charge is 0.310 e. The Hall–Kier alpha value is -5.23. The van der Waals surface area contributed by atoms with Gasteiger partial charge >= 0.3 is 0 Å². The van der Waals surface area contributed by atoms with E-state index in [4.69, 9.17) is 9.97 Å². The molecule has 3 aromatic heterocycles. The molecule has 0 radical (unpaired) electrons. The zero-order valence-electron chi connectivity index (χ0n) is 35.6. The maximum Gasteiger partial charge on any atom is 0.252 e. The van der Waals surface area contributed by atoms with Crippen molar-refractivity contribution >= 4 is 66.7 Å². The summed E-state index contributed by atoms with van der Waals surface area (Å²) in [5, 5.41) is 5.54. The van der Waals surface area contributed by atoms with Crippen LogP contribution < -0.4 is 16.4 Å². The molecule has 4 aliphatic rings. The van der Waals surface area contributed by atoms with Crippen molar-refractivity contribution in [3.63, 3.8) is 0 Å². The van der Waals surface area contributed by atoms with E-state index in [1.54, 1.807) is 23.8 Å². The summed E-state index contributed by atoms with van der Waals surface area (Å²) >= 11 is 0. The van der Waals surface area contributed by atoms with Gasteiger partial charge in [-0.3, -0.25) is 0 Å². The summed E-state index contributed by atoms with van der Waals surface area (Å²) in [4.78, 5) is 13.7. The van der Waals surface area contributed by atoms with Crippen LogP contribution in [-0.4, -0.2) is 30.8 Å². The SMILES string of the molecule is CC(C)(C)c1ccc2c(c1)c1cc(C3CCCCC3)cc3c1n2-c1cc(-c2ncncn2)cc2c1B3c1cc(C3CCCCC3)cc3c4cc(C(C)(C)C)ccc4n-2c13. The second-order valence-electron chi connectivity index (χ2n) is 20.6. The smallest absolute Gasteiger partial charge is 0.252 e. The Balaban J connectivity index is 1.27. The van der Waals surface area contributed by atoms with Crippen molar-refractivity contribution in [3.05, 3.63) is 108 Å². The van der Waals surface area contributed by atoms with E-state index in [2.05, 4.69) is 128 Å². The molecule has 2 fully saturated rings. The minimum absolute atomic E-state index is 0.0393. The third-order valence-corrected chi connectivity index (χ3v) is 15.0. The predicted molar refractivity (Wildman–Crippen MR) is 248 cm³/mol. The number of nitrogens with zero attached hydrogens (tertiary/aromatic N) is 5. The van der Waals surface area contributed by atoms with Crippen molar-refractivity contribution in [1.82, 2.24) is 24.1 Å². The molecule has 59 heavy (non-hydrogen) atoms. The fourth-order valence-electron chi connectivity index (χ4n) is 11.9. The van der Waals surface area contributed by atoms with Gasteiger partial charge in [0.05, 0.1) is 11.0 Å². The minimum Gasteiger partial charge on any atom is -0.310 e. The van der Waals surface area contributed by atoms with Gasteiger partial charge in [-0.05, 0) is 136 Å². The van der Waals surface area contributed by atoms with E-state index in [0.717, 1.165) is 5.56 Å². The van der Waals surface area contributed by atoms with Gasteiger partial charge in [0.2, 0.25) is 0 Å². The molecule has 0 bridgehead atoms. The highest BCUT2D eigenvalue weighted by molar-refractivity contribution is 7.00. The molecule has 0 unspecified atom stereocenters. The summed E-state index contributed by atoms with van der Waals surface area (Å²) in [7, 11) is 0. The average molecular weight is 772 g/mol. The van der Waals surface area contributed by atoms with Gasteiger partial charge in [-0.15, -0.1) is 0 Å². The summed E-state index contributed by atoms with van der Waals surface area (Å²) in [6, 6.07) is 30.0. The van der Waals surface area contributed by atoms with Crippen LogP contribution in [0, 0.1) is 0 Å². The summed E-state index contributed by atoms with van der Waals surface area (Å²) in [5.74, 6) is 1.90. The topological polar surface area (TPSA) is 48.5 Å². The lowest BCUT2D eigenvalue weighted by molar-refractivity contribution is 0.444. The lowest BCUT2D eigenvalue weighted by atomic mass is 9.34. The minimum atomic E-state index is 0.0393. The van der Waals surface area contributed by atoms with E-state index in [1.807, 2.05) is 0 Å². The van der Waals surface area contributed by atoms with Crippen molar-refractivity contribution in [2.45, 2.75) is 128 Å². The summed E-state index contributed by atoms with van der Waals surface area (Å²) < 4.78 is 5.27. The first-order valence-corrected chi connectivity index (χ1v) is 22.6. The van der Waals surface area contributed by atoms with E-state index in [-0.39, 0.29) is 17.5 Å². The summed E-state index contributed by atoms with van der Waals surface area (Å²) in [6.07, 6.45) is 16.4. The highest BCUT2D eigenvalue weighted by atomic mass is 15.0. The molecule has 0 atom stereocenters. The Labute approximate surface area is 348 Å². The monoisotopic (exact) mass is 771 g/mol. The molecule has 0 amide bonds. The number of fused-ring (bicyclic) bond motifs is 10. The van der Waals surface area contributed by atoms with Gasteiger partial charge in [-0.1, -0.05) is 104 Å². The molecule has 6 heteroatoms. The lowest BCUT2D eigenvalue weighted by Gasteiger charge is -2.35. The van der Waals surface area contributed by atoms with E-state index < -0.39 is 0 Å². The van der Waals surface area contributed by atoms with Crippen LogP contribution in [0.5, 0.6) is 0 Å². The van der Waals surface area contributed by atoms with Gasteiger partial charge in [0.15, 0.2) is 5.82 Å². The quantitative estimate of drug-likeness (QED) is 0.168. The summed E-state index contributed by atoms with van der Waals surface area (Å²) in [5.41, 5.74) is 19.1. The standard InChI is InChI=1S/C53H54BN5/c1-52(2,3)36-17-19-44-38(27-36)40-21-33(31-13-9-7-10-14-31)23-42-49(40)58(44)46-25-35(51-56-29-55-30-57-51)26-47-48(46)54(42)43-24-34(32-15-11-8-12-16-32)22-41-39-28-37(53(4,5)6)18-20-45(39)59(47)50(41)43/h17-32H,7-16H2,1-6H3. The molecule has 0 saturated heterocycles. The zero-order chi connectivity index (χ0) is 39.9. The molecule has 2 aliphatic heterocycles. The first-order valence-electron chi connectivity index (χ1n) is 22.6. The Morgan fingerprint density at radius 1 is 0.525 bits per heavy atom. The Morgan fingerprint density at radius 3 is 1.42 bits per heavy atom. The van der Waals surface area contributed by atoms with Crippen molar-refractivity contribution in [2.75, 3.05) is 0 Å². The predicted octanol–water partition coefficient (Wildman–Crippen LogP) is 11.6. The maximum absolute atomic E-state index is 4.76. The first-order chi connectivity index (χ1) is 28.5. The van der Waals surface area contributed by atoms with Gasteiger partial charge in [0, 0.05) is 49.5 Å². The number of benzene rings is 5. The normalized spacial score (nSPS) is 17.2. The van der Waals surface area contributed by atoms with Gasteiger partial charge in [0.25, 0.3) is 6.71 Å². The Morgan fingerprint density at radius 2 is 0.983 bits per heavy atom. The highest BCUT2D eigenvalue weighted by Crippen LogP contribution is 2.45. The molecular formula is C53H54BN5. The average Bonchev–Trinajstić information content (AvgIpc) is 3.76. The van der Waals surface area contributed by atoms with E-state index in [9.17, 15) is 0 Å². The fraction of sp³-hybridized carbons (Fsp3) is 0.377. The molecule has 5 aromatic carbocycles. The molecule has 0 spiro atoms. The van der Waals surface area contributed by atoms with Crippen LogP contribution in [0.2, 0.25) is 0 Å². The van der Waals surface area contributed by atoms with E-state index >= 15 is 0 Å². The van der Waals surface area contributed by atoms with Gasteiger partial charge in [-0.2, -0.15) is 0 Å². The number of hydrogen-bond donors (Lipinski definition) is 0. The molecule has 5 heterocycles. The third-order valence-electron chi connectivity index (χ3n) is 15.0. The van der Waals surface area contributed by atoms with Gasteiger partial charge in [0.1, 0.15) is 12.7 Å². The van der Waals surface area contributed by atoms with Crippen LogP contribution in [0.3, 0.4) is 0 Å². The van der Waals surface area contributed by atoms with Crippen LogP contribution in [0.4, 0.5) is 0 Å². The van der Waals surface area contributed by atoms with Crippen molar-refractivity contribution in [1.29, 1.82) is 0 Å². The van der Waals surface area contributed by atoms with Crippen LogP contribution in [-0.2, 0) is 10.8 Å². The molecule has 12 rings (SSSR count).